The number of methoxy groups -OCH3 is 2. The van der Waals surface area contributed by atoms with Gasteiger partial charge in [0, 0.05) is 29.1 Å². The van der Waals surface area contributed by atoms with Crippen LogP contribution in [-0.4, -0.2) is 33.2 Å². The van der Waals surface area contributed by atoms with Crippen LogP contribution in [0.3, 0.4) is 0 Å². The van der Waals surface area contributed by atoms with E-state index >= 15 is 0 Å². The Morgan fingerprint density at radius 3 is 2.65 bits per heavy atom. The molecule has 1 amide bonds. The number of halogens is 1. The molecule has 3 rings (SSSR count). The second-order valence-corrected chi connectivity index (χ2v) is 7.36. The highest BCUT2D eigenvalue weighted by Gasteiger charge is 2.33. The van der Waals surface area contributed by atoms with Crippen molar-refractivity contribution >= 4 is 27.5 Å². The Morgan fingerprint density at radius 1 is 1.19 bits per heavy atom. The smallest absolute Gasteiger partial charge is 0.279 e. The van der Waals surface area contributed by atoms with Gasteiger partial charge in [0.2, 0.25) is 0 Å². The SMILES string of the molecule is COc1ccc([C@H]2CCC[NH+]2CC(=O)Nc2ccc(Br)cc2)c(OC)c1. The van der Waals surface area contributed by atoms with E-state index in [2.05, 4.69) is 27.3 Å². The average molecular weight is 420 g/mol. The van der Waals surface area contributed by atoms with Gasteiger partial charge in [-0.05, 0) is 36.4 Å². The minimum absolute atomic E-state index is 0.0294. The van der Waals surface area contributed by atoms with Crippen molar-refractivity contribution in [3.63, 3.8) is 0 Å². The van der Waals surface area contributed by atoms with Gasteiger partial charge in [-0.1, -0.05) is 15.9 Å². The van der Waals surface area contributed by atoms with Gasteiger partial charge in [0.15, 0.2) is 6.54 Å². The van der Waals surface area contributed by atoms with Crippen LogP contribution >= 0.6 is 15.9 Å². The highest BCUT2D eigenvalue weighted by molar-refractivity contribution is 9.10. The summed E-state index contributed by atoms with van der Waals surface area (Å²) in [6, 6.07) is 13.8. The Labute approximate surface area is 162 Å². The van der Waals surface area contributed by atoms with E-state index in [9.17, 15) is 4.79 Å². The van der Waals surface area contributed by atoms with Crippen LogP contribution in [0.5, 0.6) is 11.5 Å². The lowest BCUT2D eigenvalue weighted by atomic mass is 10.0. The van der Waals surface area contributed by atoms with E-state index in [0.29, 0.717) is 6.54 Å². The lowest BCUT2D eigenvalue weighted by Gasteiger charge is -2.23. The molecular formula is C20H24BrN2O3+. The van der Waals surface area contributed by atoms with Gasteiger partial charge in [-0.25, -0.2) is 0 Å². The standard InChI is InChI=1S/C20H23BrN2O3/c1-25-16-9-10-17(19(12-16)26-2)18-4-3-11-23(18)13-20(24)22-15-7-5-14(21)6-8-15/h5-10,12,18H,3-4,11,13H2,1-2H3,(H,22,24)/p+1/t18-/m1/s1. The van der Waals surface area contributed by atoms with Crippen LogP contribution < -0.4 is 19.7 Å². The number of rotatable bonds is 6. The van der Waals surface area contributed by atoms with E-state index in [1.165, 1.54) is 4.90 Å². The summed E-state index contributed by atoms with van der Waals surface area (Å²) in [6.45, 7) is 1.42. The molecule has 2 atom stereocenters. The quantitative estimate of drug-likeness (QED) is 0.756. The molecule has 2 N–H and O–H groups in total. The zero-order chi connectivity index (χ0) is 18.5. The summed E-state index contributed by atoms with van der Waals surface area (Å²) in [5, 5.41) is 2.98. The molecule has 6 heteroatoms. The van der Waals surface area contributed by atoms with Gasteiger partial charge < -0.3 is 19.7 Å². The van der Waals surface area contributed by atoms with E-state index < -0.39 is 0 Å². The first-order chi connectivity index (χ1) is 12.6. The molecule has 5 nitrogen and oxygen atoms in total. The molecule has 1 fully saturated rings. The number of benzene rings is 2. The maximum Gasteiger partial charge on any atom is 0.279 e. The summed E-state index contributed by atoms with van der Waals surface area (Å²) < 4.78 is 11.8. The average Bonchev–Trinajstić information content (AvgIpc) is 3.10. The minimum atomic E-state index is 0.0294. The summed E-state index contributed by atoms with van der Waals surface area (Å²) in [5.74, 6) is 1.63. The van der Waals surface area contributed by atoms with Gasteiger partial charge in [-0.2, -0.15) is 0 Å². The number of hydrogen-bond acceptors (Lipinski definition) is 3. The molecule has 138 valence electrons. The molecular weight excluding hydrogens is 396 g/mol. The monoisotopic (exact) mass is 419 g/mol. The topological polar surface area (TPSA) is 52.0 Å². The normalized spacial score (nSPS) is 19.2. The summed E-state index contributed by atoms with van der Waals surface area (Å²) in [7, 11) is 3.32. The van der Waals surface area contributed by atoms with Crippen molar-refractivity contribution in [1.82, 2.24) is 0 Å². The molecule has 1 heterocycles. The molecule has 1 unspecified atom stereocenters. The molecule has 0 spiro atoms. The fraction of sp³-hybridized carbons (Fsp3) is 0.350. The van der Waals surface area contributed by atoms with Crippen molar-refractivity contribution in [3.05, 3.63) is 52.5 Å². The third-order valence-electron chi connectivity index (χ3n) is 4.82. The number of ether oxygens (including phenoxy) is 2. The fourth-order valence-electron chi connectivity index (χ4n) is 3.55. The number of carbonyl (C=O) groups excluding carboxylic acids is 1. The predicted molar refractivity (Wildman–Crippen MR) is 105 cm³/mol. The maximum atomic E-state index is 12.5. The highest BCUT2D eigenvalue weighted by atomic mass is 79.9. The zero-order valence-electron chi connectivity index (χ0n) is 15.0. The van der Waals surface area contributed by atoms with Crippen LogP contribution in [0, 0.1) is 0 Å². The zero-order valence-corrected chi connectivity index (χ0v) is 16.6. The van der Waals surface area contributed by atoms with E-state index in [0.717, 1.165) is 46.6 Å². The summed E-state index contributed by atoms with van der Waals surface area (Å²) >= 11 is 3.40. The number of likely N-dealkylation sites (tertiary alicyclic amines) is 1. The number of quaternary nitrogens is 1. The third kappa shape index (κ3) is 4.37. The highest BCUT2D eigenvalue weighted by Crippen LogP contribution is 2.31. The Hall–Kier alpha value is -2.05. The van der Waals surface area contributed by atoms with E-state index in [1.54, 1.807) is 14.2 Å². The number of anilines is 1. The first-order valence-corrected chi connectivity index (χ1v) is 9.52. The fourth-order valence-corrected chi connectivity index (χ4v) is 3.81. The van der Waals surface area contributed by atoms with Gasteiger partial charge >= 0.3 is 0 Å². The molecule has 1 saturated heterocycles. The van der Waals surface area contributed by atoms with Crippen molar-refractivity contribution in [2.45, 2.75) is 18.9 Å². The van der Waals surface area contributed by atoms with Crippen molar-refractivity contribution < 1.29 is 19.2 Å². The first kappa shape index (κ1) is 18.7. The number of amides is 1. The Morgan fingerprint density at radius 2 is 1.96 bits per heavy atom. The predicted octanol–water partition coefficient (Wildman–Crippen LogP) is 2.82. The lowest BCUT2D eigenvalue weighted by molar-refractivity contribution is -0.910. The van der Waals surface area contributed by atoms with Gasteiger partial charge in [0.1, 0.15) is 17.5 Å². The van der Waals surface area contributed by atoms with Crippen molar-refractivity contribution in [1.29, 1.82) is 0 Å². The molecule has 0 bridgehead atoms. The lowest BCUT2D eigenvalue weighted by Crippen LogP contribution is -3.11. The number of hydrogen-bond donors (Lipinski definition) is 2. The molecule has 0 aliphatic carbocycles. The maximum absolute atomic E-state index is 12.5. The largest absolute Gasteiger partial charge is 0.497 e. The van der Waals surface area contributed by atoms with Crippen LogP contribution in [0.1, 0.15) is 24.4 Å². The molecule has 0 aromatic heterocycles. The van der Waals surface area contributed by atoms with Crippen LogP contribution in [0.15, 0.2) is 46.9 Å². The van der Waals surface area contributed by atoms with Crippen LogP contribution in [0.25, 0.3) is 0 Å². The molecule has 2 aromatic carbocycles. The van der Waals surface area contributed by atoms with E-state index in [4.69, 9.17) is 9.47 Å². The van der Waals surface area contributed by atoms with Crippen LogP contribution in [0.2, 0.25) is 0 Å². The van der Waals surface area contributed by atoms with Crippen LogP contribution in [-0.2, 0) is 4.79 Å². The van der Waals surface area contributed by atoms with Gasteiger partial charge in [-0.15, -0.1) is 0 Å². The number of nitrogens with one attached hydrogen (secondary N) is 2. The molecule has 26 heavy (non-hydrogen) atoms. The Balaban J connectivity index is 1.70. The molecule has 0 saturated carbocycles. The summed E-state index contributed by atoms with van der Waals surface area (Å²) in [5.41, 5.74) is 1.95. The first-order valence-electron chi connectivity index (χ1n) is 8.72. The Kier molecular flexibility index (Phi) is 6.16. The summed E-state index contributed by atoms with van der Waals surface area (Å²) in [6.07, 6.45) is 2.14. The van der Waals surface area contributed by atoms with E-state index in [1.807, 2.05) is 36.4 Å². The number of carbonyl (C=O) groups is 1. The molecule has 0 radical (unpaired) electrons. The van der Waals surface area contributed by atoms with Crippen molar-refractivity contribution in [2.75, 3.05) is 32.6 Å². The van der Waals surface area contributed by atoms with Gasteiger partial charge in [0.05, 0.1) is 26.3 Å². The third-order valence-corrected chi connectivity index (χ3v) is 5.34. The molecule has 2 aromatic rings. The minimum Gasteiger partial charge on any atom is -0.497 e. The molecule has 1 aliphatic heterocycles. The van der Waals surface area contributed by atoms with Crippen molar-refractivity contribution in [2.24, 2.45) is 0 Å². The van der Waals surface area contributed by atoms with Gasteiger partial charge in [0.25, 0.3) is 5.91 Å². The second kappa shape index (κ2) is 8.56. The van der Waals surface area contributed by atoms with Gasteiger partial charge in [-0.3, -0.25) is 4.79 Å². The Bertz CT molecular complexity index is 764. The van der Waals surface area contributed by atoms with E-state index in [-0.39, 0.29) is 11.9 Å². The van der Waals surface area contributed by atoms with Crippen molar-refractivity contribution in [3.8, 4) is 11.5 Å². The summed E-state index contributed by atoms with van der Waals surface area (Å²) in [4.78, 5) is 13.8. The molecule has 1 aliphatic rings. The van der Waals surface area contributed by atoms with Crippen LogP contribution in [0.4, 0.5) is 5.69 Å². The second-order valence-electron chi connectivity index (χ2n) is 6.44.